The molecular weight excluding hydrogens is 312 g/mol. The van der Waals surface area contributed by atoms with Gasteiger partial charge >= 0.3 is 11.7 Å². The van der Waals surface area contributed by atoms with Gasteiger partial charge in [0.2, 0.25) is 0 Å². The van der Waals surface area contributed by atoms with E-state index in [2.05, 4.69) is 4.98 Å². The normalized spacial score (nSPS) is 32.2. The van der Waals surface area contributed by atoms with Crippen molar-refractivity contribution in [2.24, 2.45) is 5.73 Å². The highest BCUT2D eigenvalue weighted by atomic mass is 16.6. The Kier molecular flexibility index (Phi) is 4.83. The molecule has 2 heterocycles. The first-order valence-electron chi connectivity index (χ1n) is 7.17. The van der Waals surface area contributed by atoms with Crippen molar-refractivity contribution in [2.45, 2.75) is 37.5 Å². The molecule has 1 aliphatic heterocycles. The number of rotatable bonds is 5. The number of esters is 1. The van der Waals surface area contributed by atoms with Gasteiger partial charge in [-0.25, -0.2) is 4.79 Å². The number of hydrogen-bond donors (Lipinski definition) is 5. The zero-order valence-corrected chi connectivity index (χ0v) is 12.1. The molecule has 1 aliphatic rings. The van der Waals surface area contributed by atoms with Crippen LogP contribution in [0.1, 0.15) is 14.5 Å². The van der Waals surface area contributed by atoms with Crippen LogP contribution in [0.15, 0.2) is 17.1 Å². The maximum atomic E-state index is 11.9. The Bertz CT molecular complexity index is 669. The quantitative estimate of drug-likeness (QED) is 0.288. The summed E-state index contributed by atoms with van der Waals surface area (Å²) in [6.45, 7) is 0.942. The Morgan fingerprint density at radius 3 is 2.91 bits per heavy atom. The summed E-state index contributed by atoms with van der Waals surface area (Å²) in [5.41, 5.74) is 5.98. The molecule has 0 unspecified atom stereocenters. The highest BCUT2D eigenvalue weighted by molar-refractivity contribution is 5.74. The molecule has 1 aromatic rings. The number of carbonyl (C=O) groups is 1. The second-order valence-corrected chi connectivity index (χ2v) is 4.93. The first-order chi connectivity index (χ1) is 11.2. The third-order valence-corrected chi connectivity index (χ3v) is 3.15. The van der Waals surface area contributed by atoms with Crippen LogP contribution in [0.2, 0.25) is 0 Å². The molecule has 0 aromatic carbocycles. The number of aliphatic hydroxyl groups excluding tert-OH is 2. The van der Waals surface area contributed by atoms with Crippen molar-refractivity contribution in [2.75, 3.05) is 12.1 Å². The molecule has 23 heavy (non-hydrogen) atoms. The molecule has 2 rings (SSSR count). The number of carbonyl (C=O) groups excluding carboxylic acids is 1. The van der Waals surface area contributed by atoms with E-state index in [0.717, 1.165) is 12.3 Å². The van der Waals surface area contributed by atoms with Gasteiger partial charge < -0.3 is 25.4 Å². The van der Waals surface area contributed by atoms with Crippen LogP contribution >= 0.6 is 0 Å². The molecule has 1 aromatic heterocycles. The Hall–Kier alpha value is -2.05. The van der Waals surface area contributed by atoms with Crippen LogP contribution < -0.4 is 16.9 Å². The molecule has 1 fully saturated rings. The van der Waals surface area contributed by atoms with Crippen molar-refractivity contribution >= 4 is 11.8 Å². The van der Waals surface area contributed by atoms with Gasteiger partial charge in [-0.3, -0.25) is 20.0 Å². The van der Waals surface area contributed by atoms with Crippen LogP contribution in [0.25, 0.3) is 0 Å². The molecule has 5 atom stereocenters. The standard InChI is InChI=1S/C12H18N4O7/c1-5(13)11(19)22-4-6-8(17)9(18)10(23-6)16-3-2-7(15-21)14-12(16)20/h2-3,5-6,8-10,17-18,21H,4,13H2,1H3,(H,14,15,20)/t5-,6+,8+,9+,10+/m0/s1/i10D. The van der Waals surface area contributed by atoms with Crippen LogP contribution in [0, 0.1) is 0 Å². The molecule has 1 saturated heterocycles. The molecule has 11 heteroatoms. The molecule has 11 nitrogen and oxygen atoms in total. The van der Waals surface area contributed by atoms with E-state index in [9.17, 15) is 19.8 Å². The first-order valence-corrected chi connectivity index (χ1v) is 6.67. The minimum atomic E-state index is -2.39. The van der Waals surface area contributed by atoms with Crippen LogP contribution in [0.5, 0.6) is 0 Å². The Labute approximate surface area is 131 Å². The van der Waals surface area contributed by atoms with Gasteiger partial charge in [0.05, 0.1) is 1.37 Å². The van der Waals surface area contributed by atoms with Crippen molar-refractivity contribution in [1.29, 1.82) is 0 Å². The Balaban J connectivity index is 2.21. The maximum absolute atomic E-state index is 11.9. The summed E-state index contributed by atoms with van der Waals surface area (Å²) in [6, 6.07) is 0.267. The molecule has 0 radical (unpaired) electrons. The lowest BCUT2D eigenvalue weighted by Crippen LogP contribution is -2.37. The maximum Gasteiger partial charge on any atom is 0.351 e. The Morgan fingerprint density at radius 2 is 2.35 bits per heavy atom. The smallest absolute Gasteiger partial charge is 0.351 e. The van der Waals surface area contributed by atoms with Gasteiger partial charge in [0, 0.05) is 6.20 Å². The SMILES string of the molecule is [2H][C@@]1(n2ccc(NO)nc2=O)O[C@H](COC(=O)[C@H](C)N)[C@@H](O)[C@H]1O. The largest absolute Gasteiger partial charge is 0.462 e. The lowest BCUT2D eigenvalue weighted by Gasteiger charge is -2.17. The lowest BCUT2D eigenvalue weighted by atomic mass is 10.1. The second-order valence-electron chi connectivity index (χ2n) is 4.93. The van der Waals surface area contributed by atoms with Gasteiger partial charge in [0.15, 0.2) is 12.0 Å². The Morgan fingerprint density at radius 1 is 1.65 bits per heavy atom. The molecule has 128 valence electrons. The summed E-state index contributed by atoms with van der Waals surface area (Å²) >= 11 is 0. The molecular formula is C12H18N4O7. The number of ether oxygens (including phenoxy) is 2. The van der Waals surface area contributed by atoms with Gasteiger partial charge in [-0.1, -0.05) is 0 Å². The average Bonchev–Trinajstić information content (AvgIpc) is 2.77. The zero-order chi connectivity index (χ0) is 18.1. The monoisotopic (exact) mass is 331 g/mol. The van der Waals surface area contributed by atoms with E-state index in [1.54, 1.807) is 5.48 Å². The zero-order valence-electron chi connectivity index (χ0n) is 13.1. The number of aromatic nitrogens is 2. The molecule has 0 bridgehead atoms. The van der Waals surface area contributed by atoms with E-state index < -0.39 is 48.8 Å². The van der Waals surface area contributed by atoms with Gasteiger partial charge in [-0.15, -0.1) is 0 Å². The van der Waals surface area contributed by atoms with Crippen molar-refractivity contribution in [3.8, 4) is 0 Å². The fourth-order valence-corrected chi connectivity index (χ4v) is 1.90. The third kappa shape index (κ3) is 3.65. The highest BCUT2D eigenvalue weighted by Gasteiger charge is 2.44. The number of aliphatic hydroxyl groups is 2. The fourth-order valence-electron chi connectivity index (χ4n) is 1.90. The van der Waals surface area contributed by atoms with Crippen LogP contribution in [-0.2, 0) is 14.3 Å². The van der Waals surface area contributed by atoms with Crippen LogP contribution in [0.3, 0.4) is 0 Å². The lowest BCUT2D eigenvalue weighted by molar-refractivity contribution is -0.151. The minimum Gasteiger partial charge on any atom is -0.462 e. The van der Waals surface area contributed by atoms with Crippen molar-refractivity contribution in [3.63, 3.8) is 0 Å². The minimum absolute atomic E-state index is 0.171. The van der Waals surface area contributed by atoms with Gasteiger partial charge in [0.1, 0.15) is 31.0 Å². The summed E-state index contributed by atoms with van der Waals surface area (Å²) in [5.74, 6) is -0.921. The van der Waals surface area contributed by atoms with E-state index in [4.69, 9.17) is 21.8 Å². The van der Waals surface area contributed by atoms with E-state index in [0.29, 0.717) is 4.57 Å². The predicted molar refractivity (Wildman–Crippen MR) is 74.4 cm³/mol. The molecule has 0 saturated carbocycles. The second kappa shape index (κ2) is 7.02. The summed E-state index contributed by atoms with van der Waals surface area (Å²) in [5, 5.41) is 28.8. The van der Waals surface area contributed by atoms with Gasteiger partial charge in [-0.2, -0.15) is 4.98 Å². The number of nitrogens with one attached hydrogen (secondary N) is 1. The summed E-state index contributed by atoms with van der Waals surface area (Å²) in [4.78, 5) is 26.7. The molecule has 6 N–H and O–H groups in total. The van der Waals surface area contributed by atoms with E-state index >= 15 is 0 Å². The summed E-state index contributed by atoms with van der Waals surface area (Å²) < 4.78 is 18.8. The van der Waals surface area contributed by atoms with E-state index in [1.807, 2.05) is 0 Å². The highest BCUT2D eigenvalue weighted by Crippen LogP contribution is 2.28. The average molecular weight is 331 g/mol. The summed E-state index contributed by atoms with van der Waals surface area (Å²) in [7, 11) is 0. The predicted octanol–water partition coefficient (Wildman–Crippen LogP) is -2.45. The van der Waals surface area contributed by atoms with E-state index in [-0.39, 0.29) is 5.82 Å². The topological polar surface area (TPSA) is 169 Å². The van der Waals surface area contributed by atoms with Crippen molar-refractivity contribution in [1.82, 2.24) is 9.55 Å². The fraction of sp³-hybridized carbons (Fsp3) is 0.583. The van der Waals surface area contributed by atoms with Crippen LogP contribution in [0.4, 0.5) is 5.82 Å². The number of hydrogen-bond acceptors (Lipinski definition) is 10. The summed E-state index contributed by atoms with van der Waals surface area (Å²) in [6.07, 6.45) is -5.99. The number of nitrogens with zero attached hydrogens (tertiary/aromatic N) is 2. The molecule has 0 amide bonds. The van der Waals surface area contributed by atoms with Gasteiger partial charge in [0.25, 0.3) is 0 Å². The first kappa shape index (κ1) is 15.8. The van der Waals surface area contributed by atoms with E-state index in [1.165, 1.54) is 6.92 Å². The van der Waals surface area contributed by atoms with Crippen LogP contribution in [-0.4, -0.2) is 61.9 Å². The van der Waals surface area contributed by atoms with Crippen molar-refractivity contribution in [3.05, 3.63) is 22.7 Å². The van der Waals surface area contributed by atoms with Crippen molar-refractivity contribution < 1.29 is 31.1 Å². The number of anilines is 1. The third-order valence-electron chi connectivity index (χ3n) is 3.15. The molecule has 0 aliphatic carbocycles. The molecule has 0 spiro atoms. The van der Waals surface area contributed by atoms with Gasteiger partial charge in [-0.05, 0) is 13.0 Å². The number of nitrogens with two attached hydrogens (primary N) is 1.